The standard InChI is InChI=1S/C16H18ClN3O/c1-20(2)11-15(12-5-7-14(17)8-6-12)19-16(21)13-4-3-9-18-10-13/h3-10,15H,11H2,1-2H3,(H,19,21). The summed E-state index contributed by atoms with van der Waals surface area (Å²) in [6.07, 6.45) is 3.21. The molecule has 1 aromatic heterocycles. The number of nitrogens with zero attached hydrogens (tertiary/aromatic N) is 2. The van der Waals surface area contributed by atoms with E-state index in [1.54, 1.807) is 24.5 Å². The molecule has 110 valence electrons. The maximum Gasteiger partial charge on any atom is 0.253 e. The number of hydrogen-bond acceptors (Lipinski definition) is 3. The van der Waals surface area contributed by atoms with Gasteiger partial charge in [0.1, 0.15) is 0 Å². The molecule has 1 aromatic carbocycles. The van der Waals surface area contributed by atoms with Gasteiger partial charge in [-0.15, -0.1) is 0 Å². The van der Waals surface area contributed by atoms with Crippen molar-refractivity contribution in [3.8, 4) is 0 Å². The number of rotatable bonds is 5. The molecule has 2 rings (SSSR count). The van der Waals surface area contributed by atoms with Crippen molar-refractivity contribution >= 4 is 17.5 Å². The van der Waals surface area contributed by atoms with Crippen molar-refractivity contribution in [1.29, 1.82) is 0 Å². The predicted octanol–water partition coefficient (Wildman–Crippen LogP) is 2.77. The van der Waals surface area contributed by atoms with Crippen molar-refractivity contribution in [1.82, 2.24) is 15.2 Å². The minimum Gasteiger partial charge on any atom is -0.344 e. The number of likely N-dealkylation sites (N-methyl/N-ethyl adjacent to an activating group) is 1. The average molecular weight is 304 g/mol. The van der Waals surface area contributed by atoms with Gasteiger partial charge in [0, 0.05) is 24.0 Å². The Labute approximate surface area is 129 Å². The van der Waals surface area contributed by atoms with Crippen LogP contribution in [0.15, 0.2) is 48.8 Å². The van der Waals surface area contributed by atoms with E-state index < -0.39 is 0 Å². The van der Waals surface area contributed by atoms with Crippen LogP contribution in [0.5, 0.6) is 0 Å². The molecule has 1 heterocycles. The van der Waals surface area contributed by atoms with Crippen molar-refractivity contribution in [3.63, 3.8) is 0 Å². The average Bonchev–Trinajstić information content (AvgIpc) is 2.48. The highest BCUT2D eigenvalue weighted by molar-refractivity contribution is 6.30. The molecule has 1 amide bonds. The molecule has 0 aliphatic heterocycles. The van der Waals surface area contributed by atoms with Crippen LogP contribution in [0.1, 0.15) is 22.0 Å². The first-order chi connectivity index (χ1) is 10.1. The minimum absolute atomic E-state index is 0.107. The van der Waals surface area contributed by atoms with E-state index in [-0.39, 0.29) is 11.9 Å². The van der Waals surface area contributed by atoms with Crippen molar-refractivity contribution < 1.29 is 4.79 Å². The summed E-state index contributed by atoms with van der Waals surface area (Å²) < 4.78 is 0. The van der Waals surface area contributed by atoms with E-state index in [2.05, 4.69) is 10.3 Å². The lowest BCUT2D eigenvalue weighted by atomic mass is 10.1. The summed E-state index contributed by atoms with van der Waals surface area (Å²) >= 11 is 5.92. The molecule has 0 aliphatic rings. The number of amides is 1. The first kappa shape index (κ1) is 15.5. The largest absolute Gasteiger partial charge is 0.344 e. The molecule has 1 N–H and O–H groups in total. The van der Waals surface area contributed by atoms with Gasteiger partial charge in [0.25, 0.3) is 5.91 Å². The van der Waals surface area contributed by atoms with Crippen LogP contribution in [0, 0.1) is 0 Å². The fraction of sp³-hybridized carbons (Fsp3) is 0.250. The summed E-state index contributed by atoms with van der Waals surface area (Å²) in [7, 11) is 3.94. The second-order valence-electron chi connectivity index (χ2n) is 5.08. The molecule has 2 aromatic rings. The van der Waals surface area contributed by atoms with Gasteiger partial charge in [-0.3, -0.25) is 9.78 Å². The van der Waals surface area contributed by atoms with Gasteiger partial charge in [-0.2, -0.15) is 0 Å². The van der Waals surface area contributed by atoms with E-state index in [1.165, 1.54) is 0 Å². The van der Waals surface area contributed by atoms with E-state index in [1.807, 2.05) is 43.3 Å². The highest BCUT2D eigenvalue weighted by atomic mass is 35.5. The zero-order chi connectivity index (χ0) is 15.2. The molecule has 21 heavy (non-hydrogen) atoms. The Kier molecular flexibility index (Phi) is 5.31. The van der Waals surface area contributed by atoms with E-state index in [0.717, 1.165) is 5.56 Å². The van der Waals surface area contributed by atoms with Crippen LogP contribution in [0.4, 0.5) is 0 Å². The Hall–Kier alpha value is -1.91. The van der Waals surface area contributed by atoms with Gasteiger partial charge in [-0.05, 0) is 43.9 Å². The molecular weight excluding hydrogens is 286 g/mol. The SMILES string of the molecule is CN(C)CC(NC(=O)c1cccnc1)c1ccc(Cl)cc1. The molecule has 1 unspecified atom stereocenters. The summed E-state index contributed by atoms with van der Waals surface area (Å²) in [5.41, 5.74) is 1.57. The van der Waals surface area contributed by atoms with Crippen molar-refractivity contribution in [2.45, 2.75) is 6.04 Å². The number of carbonyl (C=O) groups is 1. The number of hydrogen-bond donors (Lipinski definition) is 1. The molecule has 0 saturated heterocycles. The quantitative estimate of drug-likeness (QED) is 0.924. The lowest BCUT2D eigenvalue weighted by Gasteiger charge is -2.23. The van der Waals surface area contributed by atoms with E-state index in [9.17, 15) is 4.79 Å². The van der Waals surface area contributed by atoms with Gasteiger partial charge in [0.15, 0.2) is 0 Å². The molecule has 1 atom stereocenters. The number of carbonyl (C=O) groups excluding carboxylic acids is 1. The maximum absolute atomic E-state index is 12.3. The van der Waals surface area contributed by atoms with Gasteiger partial charge in [0.05, 0.1) is 11.6 Å². The fourth-order valence-electron chi connectivity index (χ4n) is 2.03. The van der Waals surface area contributed by atoms with Crippen LogP contribution in [0.25, 0.3) is 0 Å². The van der Waals surface area contributed by atoms with Gasteiger partial charge in [0.2, 0.25) is 0 Å². The monoisotopic (exact) mass is 303 g/mol. The summed E-state index contributed by atoms with van der Waals surface area (Å²) in [5, 5.41) is 3.72. The molecule has 0 saturated carbocycles. The number of halogens is 1. The molecule has 5 heteroatoms. The summed E-state index contributed by atoms with van der Waals surface area (Å²) in [5.74, 6) is -0.134. The number of nitrogens with one attached hydrogen (secondary N) is 1. The summed E-state index contributed by atoms with van der Waals surface area (Å²) in [6.45, 7) is 0.702. The van der Waals surface area contributed by atoms with Crippen LogP contribution < -0.4 is 5.32 Å². The highest BCUT2D eigenvalue weighted by Crippen LogP contribution is 2.17. The van der Waals surface area contributed by atoms with Crippen LogP contribution in [0.3, 0.4) is 0 Å². The van der Waals surface area contributed by atoms with Gasteiger partial charge >= 0.3 is 0 Å². The molecule has 4 nitrogen and oxygen atoms in total. The summed E-state index contributed by atoms with van der Waals surface area (Å²) in [6, 6.07) is 10.9. The third-order valence-corrected chi connectivity index (χ3v) is 3.30. The second-order valence-corrected chi connectivity index (χ2v) is 5.52. The Bertz CT molecular complexity index is 584. The third kappa shape index (κ3) is 4.55. The smallest absolute Gasteiger partial charge is 0.253 e. The Balaban J connectivity index is 2.17. The second kappa shape index (κ2) is 7.20. The minimum atomic E-state index is -0.134. The first-order valence-corrected chi connectivity index (χ1v) is 7.05. The van der Waals surface area contributed by atoms with Gasteiger partial charge < -0.3 is 10.2 Å². The molecule has 0 spiro atoms. The molecular formula is C16H18ClN3O. The number of pyridine rings is 1. The van der Waals surface area contributed by atoms with Crippen LogP contribution in [-0.4, -0.2) is 36.4 Å². The Morgan fingerprint density at radius 1 is 1.29 bits per heavy atom. The normalized spacial score (nSPS) is 12.2. The summed E-state index contributed by atoms with van der Waals surface area (Å²) in [4.78, 5) is 18.3. The van der Waals surface area contributed by atoms with Crippen LogP contribution >= 0.6 is 11.6 Å². The van der Waals surface area contributed by atoms with E-state index in [0.29, 0.717) is 17.1 Å². The third-order valence-electron chi connectivity index (χ3n) is 3.05. The zero-order valence-electron chi connectivity index (χ0n) is 12.1. The van der Waals surface area contributed by atoms with Crippen molar-refractivity contribution in [3.05, 3.63) is 64.9 Å². The van der Waals surface area contributed by atoms with Gasteiger partial charge in [-0.1, -0.05) is 23.7 Å². The molecule has 0 radical (unpaired) electrons. The number of aromatic nitrogens is 1. The predicted molar refractivity (Wildman–Crippen MR) is 84.5 cm³/mol. The van der Waals surface area contributed by atoms with Gasteiger partial charge in [-0.25, -0.2) is 0 Å². The molecule has 0 fully saturated rings. The lowest BCUT2D eigenvalue weighted by molar-refractivity contribution is 0.0929. The van der Waals surface area contributed by atoms with Crippen LogP contribution in [0.2, 0.25) is 5.02 Å². The Morgan fingerprint density at radius 2 is 2.00 bits per heavy atom. The van der Waals surface area contributed by atoms with E-state index in [4.69, 9.17) is 11.6 Å². The fourth-order valence-corrected chi connectivity index (χ4v) is 2.16. The maximum atomic E-state index is 12.3. The molecule has 0 bridgehead atoms. The Morgan fingerprint density at radius 3 is 2.57 bits per heavy atom. The number of benzene rings is 1. The van der Waals surface area contributed by atoms with Crippen molar-refractivity contribution in [2.24, 2.45) is 0 Å². The van der Waals surface area contributed by atoms with Crippen LogP contribution in [-0.2, 0) is 0 Å². The zero-order valence-corrected chi connectivity index (χ0v) is 12.8. The topological polar surface area (TPSA) is 45.2 Å². The lowest BCUT2D eigenvalue weighted by Crippen LogP contribution is -2.35. The van der Waals surface area contributed by atoms with Crippen molar-refractivity contribution in [2.75, 3.05) is 20.6 Å². The first-order valence-electron chi connectivity index (χ1n) is 6.67. The molecule has 0 aliphatic carbocycles. The van der Waals surface area contributed by atoms with E-state index >= 15 is 0 Å². The highest BCUT2D eigenvalue weighted by Gasteiger charge is 2.16.